The fraction of sp³-hybridized carbons (Fsp3) is 1.00. The summed E-state index contributed by atoms with van der Waals surface area (Å²) < 4.78 is 19.8. The Hall–Kier alpha value is 2.57. The van der Waals surface area contributed by atoms with Gasteiger partial charge in [0, 0.05) is 0 Å². The zero-order valence-corrected chi connectivity index (χ0v) is 22.5. The van der Waals surface area contributed by atoms with Crippen LogP contribution >= 0.6 is 0 Å². The van der Waals surface area contributed by atoms with Crippen molar-refractivity contribution in [2.75, 3.05) is 0 Å². The third-order valence-electron chi connectivity index (χ3n) is 4.82. The Bertz CT molecular complexity index is 319. The summed E-state index contributed by atoms with van der Waals surface area (Å²) in [5, 5.41) is 0. The summed E-state index contributed by atoms with van der Waals surface area (Å²) in [7, 11) is 0. The first-order chi connectivity index (χ1) is 9.88. The quantitative estimate of drug-likeness (QED) is 0.323. The average molecular weight is 864 g/mol. The maximum absolute atomic E-state index is 7.04. The van der Waals surface area contributed by atoms with E-state index in [1.54, 1.807) is 51.4 Å². The van der Waals surface area contributed by atoms with Crippen LogP contribution in [0.15, 0.2) is 0 Å². The van der Waals surface area contributed by atoms with Gasteiger partial charge in [-0.1, -0.05) is 0 Å². The first-order valence-corrected chi connectivity index (χ1v) is 24.3. The van der Waals surface area contributed by atoms with E-state index >= 15 is 0 Å². The van der Waals surface area contributed by atoms with Crippen molar-refractivity contribution in [2.24, 2.45) is 0 Å². The van der Waals surface area contributed by atoms with E-state index in [1.165, 1.54) is 12.8 Å². The molecule has 0 aromatic heterocycles. The molecular weight excluding hydrogens is 839 g/mol. The summed E-state index contributed by atoms with van der Waals surface area (Å²) in [6.45, 7) is 0. The SMILES string of the molecule is C1C[CH]1[Bi]([O][Bi]([CH]1CC1)[CH]1CC1)[O][Bi]([CH]1CC1)[CH]1CC1. The summed E-state index contributed by atoms with van der Waals surface area (Å²) in [5.74, 6) is 0. The van der Waals surface area contributed by atoms with Crippen LogP contribution in [-0.4, -0.2) is 67.0 Å². The van der Waals surface area contributed by atoms with Crippen molar-refractivity contribution < 1.29 is 1.78 Å². The summed E-state index contributed by atoms with van der Waals surface area (Å²) >= 11 is -4.94. The van der Waals surface area contributed by atoms with Crippen molar-refractivity contribution in [1.29, 1.82) is 0 Å². The third-order valence-corrected chi connectivity index (χ3v) is 54.9. The van der Waals surface area contributed by atoms with Gasteiger partial charge in [-0.3, -0.25) is 0 Å². The minimum absolute atomic E-state index is 1.04. The van der Waals surface area contributed by atoms with E-state index in [9.17, 15) is 0 Å². The Balaban J connectivity index is 1.24. The van der Waals surface area contributed by atoms with Crippen molar-refractivity contribution >= 4 is 67.0 Å². The zero-order valence-electron chi connectivity index (χ0n) is 12.1. The fourth-order valence-electron chi connectivity index (χ4n) is 2.80. The van der Waals surface area contributed by atoms with E-state index in [0.29, 0.717) is 0 Å². The maximum atomic E-state index is 7.04. The topological polar surface area (TPSA) is 18.5 Å². The predicted octanol–water partition coefficient (Wildman–Crippen LogP) is 4.31. The normalized spacial score (nSPS) is 30.8. The Morgan fingerprint density at radius 1 is 0.450 bits per heavy atom. The van der Waals surface area contributed by atoms with Crippen LogP contribution in [0.25, 0.3) is 0 Å². The number of hydrogen-bond acceptors (Lipinski definition) is 2. The van der Waals surface area contributed by atoms with Crippen molar-refractivity contribution in [3.63, 3.8) is 0 Å². The Labute approximate surface area is 149 Å². The van der Waals surface area contributed by atoms with E-state index in [2.05, 4.69) is 0 Å². The second kappa shape index (κ2) is 6.13. The van der Waals surface area contributed by atoms with Crippen LogP contribution in [0.4, 0.5) is 0 Å². The molecule has 5 aliphatic carbocycles. The summed E-state index contributed by atoms with van der Waals surface area (Å²) in [5.41, 5.74) is 0. The summed E-state index contributed by atoms with van der Waals surface area (Å²) in [6.07, 6.45) is 15.4. The van der Waals surface area contributed by atoms with Gasteiger partial charge in [-0.05, 0) is 0 Å². The zero-order chi connectivity index (χ0) is 13.1. The molecule has 0 unspecified atom stereocenters. The Morgan fingerprint density at radius 2 is 0.750 bits per heavy atom. The molecule has 0 atom stereocenters. The van der Waals surface area contributed by atoms with Gasteiger partial charge in [0.2, 0.25) is 0 Å². The van der Waals surface area contributed by atoms with Crippen LogP contribution in [0.2, 0.25) is 18.1 Å². The molecule has 0 aromatic carbocycles. The van der Waals surface area contributed by atoms with Gasteiger partial charge in [-0.25, -0.2) is 0 Å². The van der Waals surface area contributed by atoms with Crippen molar-refractivity contribution in [3.8, 4) is 0 Å². The van der Waals surface area contributed by atoms with E-state index < -0.39 is 67.0 Å². The van der Waals surface area contributed by atoms with E-state index in [1.807, 2.05) is 0 Å². The van der Waals surface area contributed by atoms with E-state index in [-0.39, 0.29) is 0 Å². The minimum atomic E-state index is -1.91. The van der Waals surface area contributed by atoms with Gasteiger partial charge in [-0.15, -0.1) is 0 Å². The second-order valence-electron chi connectivity index (χ2n) is 7.32. The molecule has 0 amide bonds. The van der Waals surface area contributed by atoms with Gasteiger partial charge in [0.1, 0.15) is 0 Å². The first kappa shape index (κ1) is 14.9. The summed E-state index contributed by atoms with van der Waals surface area (Å²) in [6, 6.07) is 0. The van der Waals surface area contributed by atoms with Crippen LogP contribution in [0, 0.1) is 0 Å². The van der Waals surface area contributed by atoms with Gasteiger partial charge in [0.15, 0.2) is 0 Å². The Kier molecular flexibility index (Phi) is 4.56. The molecule has 5 aliphatic rings. The predicted molar refractivity (Wildman–Crippen MR) is 84.4 cm³/mol. The van der Waals surface area contributed by atoms with Gasteiger partial charge in [-0.2, -0.15) is 0 Å². The number of rotatable bonds is 9. The monoisotopic (exact) mass is 864 g/mol. The second-order valence-corrected chi connectivity index (χ2v) is 41.7. The molecule has 2 nitrogen and oxygen atoms in total. The van der Waals surface area contributed by atoms with Crippen LogP contribution < -0.4 is 0 Å². The molecule has 0 saturated heterocycles. The molecule has 5 saturated carbocycles. The Morgan fingerprint density at radius 3 is 1.00 bits per heavy atom. The molecule has 0 bridgehead atoms. The molecule has 5 rings (SSSR count). The molecular formula is C15H25Bi3O2. The van der Waals surface area contributed by atoms with Crippen LogP contribution in [0.5, 0.6) is 0 Å². The van der Waals surface area contributed by atoms with Gasteiger partial charge in [0.25, 0.3) is 0 Å². The first-order valence-electron chi connectivity index (χ1n) is 8.60. The van der Waals surface area contributed by atoms with E-state index in [0.717, 1.165) is 18.1 Å². The van der Waals surface area contributed by atoms with Crippen molar-refractivity contribution in [3.05, 3.63) is 0 Å². The molecule has 0 spiro atoms. The van der Waals surface area contributed by atoms with Gasteiger partial charge < -0.3 is 0 Å². The molecule has 0 N–H and O–H groups in total. The average Bonchev–Trinajstić information content (AvgIpc) is 3.33. The molecule has 112 valence electrons. The van der Waals surface area contributed by atoms with Crippen LogP contribution in [0.1, 0.15) is 64.2 Å². The van der Waals surface area contributed by atoms with Crippen molar-refractivity contribution in [2.45, 2.75) is 82.3 Å². The standard InChI is InChI=1S/5C3H5.3Bi.2O/c5*1-2-3-1;;;;;/h5*1H,2-3H2;;;;;. The molecule has 0 aromatic rings. The van der Waals surface area contributed by atoms with Crippen LogP contribution in [-0.2, 0) is 1.78 Å². The van der Waals surface area contributed by atoms with Crippen LogP contribution in [0.3, 0.4) is 0 Å². The molecule has 5 heteroatoms. The van der Waals surface area contributed by atoms with E-state index in [4.69, 9.17) is 1.78 Å². The molecule has 0 heterocycles. The molecule has 5 fully saturated rings. The van der Waals surface area contributed by atoms with Crippen molar-refractivity contribution in [1.82, 2.24) is 0 Å². The molecule has 20 heavy (non-hydrogen) atoms. The summed E-state index contributed by atoms with van der Waals surface area (Å²) in [4.78, 5) is 0. The molecule has 0 radical (unpaired) electrons. The molecule has 0 aliphatic heterocycles. The van der Waals surface area contributed by atoms with Gasteiger partial charge in [0.05, 0.1) is 0 Å². The fourth-order valence-corrected chi connectivity index (χ4v) is 74.5. The van der Waals surface area contributed by atoms with Gasteiger partial charge >= 0.3 is 151 Å². The third kappa shape index (κ3) is 3.79. The number of hydrogen-bond donors (Lipinski definition) is 0.